The number of likely N-dealkylation sites (N-methyl/N-ethyl adjacent to an activating group) is 2. The summed E-state index contributed by atoms with van der Waals surface area (Å²) in [6, 6.07) is 6.07. The zero-order valence-electron chi connectivity index (χ0n) is 14.3. The van der Waals surface area contributed by atoms with E-state index in [4.69, 9.17) is 6.42 Å². The number of hydrogen-bond acceptors (Lipinski definition) is 6. The Hall–Kier alpha value is -1.67. The second-order valence-electron chi connectivity index (χ2n) is 5.51. The lowest BCUT2D eigenvalue weighted by Gasteiger charge is -2.24. The first-order valence-corrected chi connectivity index (χ1v) is 9.90. The van der Waals surface area contributed by atoms with Crippen LogP contribution in [0.4, 0.5) is 11.4 Å². The third-order valence-corrected chi connectivity index (χ3v) is 5.70. The lowest BCUT2D eigenvalue weighted by Crippen LogP contribution is -2.34. The van der Waals surface area contributed by atoms with Crippen molar-refractivity contribution in [1.29, 1.82) is 0 Å². The molecule has 10 heteroatoms. The normalized spacial score (nSPS) is 11.6. The van der Waals surface area contributed by atoms with Crippen molar-refractivity contribution in [2.75, 3.05) is 51.0 Å². The summed E-state index contributed by atoms with van der Waals surface area (Å²) < 4.78 is 27.1. The molecule has 0 atom stereocenters. The van der Waals surface area contributed by atoms with Gasteiger partial charge in [-0.2, -0.15) is 4.31 Å². The lowest BCUT2D eigenvalue weighted by atomic mass is 10.2. The van der Waals surface area contributed by atoms with E-state index in [1.54, 1.807) is 0 Å². The number of halogens is 1. The van der Waals surface area contributed by atoms with Crippen molar-refractivity contribution in [2.24, 2.45) is 0 Å². The minimum atomic E-state index is -3.95. The van der Waals surface area contributed by atoms with E-state index in [2.05, 4.69) is 22.0 Å². The fourth-order valence-corrected chi connectivity index (χ4v) is 3.74. The van der Waals surface area contributed by atoms with E-state index < -0.39 is 14.9 Å². The Labute approximate surface area is 156 Å². The maximum atomic E-state index is 12.9. The van der Waals surface area contributed by atoms with Crippen LogP contribution in [0.1, 0.15) is 0 Å². The summed E-state index contributed by atoms with van der Waals surface area (Å²) in [5, 5.41) is 11.6. The highest BCUT2D eigenvalue weighted by Crippen LogP contribution is 2.31. The van der Waals surface area contributed by atoms with Gasteiger partial charge >= 0.3 is 0 Å². The maximum absolute atomic E-state index is 12.9. The quantitative estimate of drug-likeness (QED) is 0.193. The van der Waals surface area contributed by atoms with Crippen LogP contribution in [0.2, 0.25) is 0 Å². The zero-order chi connectivity index (χ0) is 19.2. The standard InChI is InChI=1S/C15H21BrN4O4S/c1-5-19(9-8-16)14-7-6-13(20(21)22)12-15(14)25(23,24)18(4)11-10-17(2)3/h1,6-7,12H,8-11H2,2-4H3. The summed E-state index contributed by atoms with van der Waals surface area (Å²) in [7, 11) is 1.15. The minimum absolute atomic E-state index is 0.179. The monoisotopic (exact) mass is 432 g/mol. The molecule has 0 aliphatic carbocycles. The molecule has 0 heterocycles. The molecule has 1 rings (SSSR count). The second-order valence-corrected chi connectivity index (χ2v) is 8.32. The van der Waals surface area contributed by atoms with Gasteiger partial charge in [0.05, 0.1) is 10.6 Å². The van der Waals surface area contributed by atoms with E-state index in [1.807, 2.05) is 19.0 Å². The molecule has 0 aromatic heterocycles. The van der Waals surface area contributed by atoms with Crippen LogP contribution in [0, 0.1) is 22.6 Å². The van der Waals surface area contributed by atoms with Crippen LogP contribution in [-0.2, 0) is 10.0 Å². The lowest BCUT2D eigenvalue weighted by molar-refractivity contribution is -0.385. The van der Waals surface area contributed by atoms with Gasteiger partial charge in [-0.15, -0.1) is 0 Å². The van der Waals surface area contributed by atoms with E-state index in [-0.39, 0.29) is 22.8 Å². The fraction of sp³-hybridized carbons (Fsp3) is 0.467. The van der Waals surface area contributed by atoms with Gasteiger partial charge in [-0.3, -0.25) is 15.0 Å². The molecule has 0 saturated heterocycles. The predicted molar refractivity (Wildman–Crippen MR) is 101 cm³/mol. The number of nitrogens with zero attached hydrogens (tertiary/aromatic N) is 4. The predicted octanol–water partition coefficient (Wildman–Crippen LogP) is 1.57. The average Bonchev–Trinajstić information content (AvgIpc) is 2.56. The molecule has 0 amide bonds. The number of sulfonamides is 1. The van der Waals surface area contributed by atoms with Crippen LogP contribution in [-0.4, -0.2) is 68.7 Å². The largest absolute Gasteiger partial charge is 0.308 e. The number of terminal acetylenes is 1. The number of hydrogen-bond donors (Lipinski definition) is 0. The highest BCUT2D eigenvalue weighted by atomic mass is 79.9. The van der Waals surface area contributed by atoms with E-state index in [1.165, 1.54) is 28.4 Å². The van der Waals surface area contributed by atoms with Gasteiger partial charge in [-0.05, 0) is 20.2 Å². The van der Waals surface area contributed by atoms with Gasteiger partial charge in [-0.25, -0.2) is 8.42 Å². The van der Waals surface area contributed by atoms with Crippen molar-refractivity contribution in [3.8, 4) is 12.5 Å². The topological polar surface area (TPSA) is 87.0 Å². The van der Waals surface area contributed by atoms with Gasteiger partial charge in [0.15, 0.2) is 0 Å². The fourth-order valence-electron chi connectivity index (χ4n) is 2.01. The summed E-state index contributed by atoms with van der Waals surface area (Å²) in [4.78, 5) is 13.5. The molecule has 0 saturated carbocycles. The van der Waals surface area contributed by atoms with Crippen LogP contribution in [0.5, 0.6) is 0 Å². The number of benzene rings is 1. The molecule has 0 spiro atoms. The third-order valence-electron chi connectivity index (χ3n) is 3.46. The Balaban J connectivity index is 3.44. The Morgan fingerprint density at radius 3 is 2.36 bits per heavy atom. The van der Waals surface area contributed by atoms with E-state index in [0.29, 0.717) is 18.4 Å². The number of nitro groups is 1. The van der Waals surface area contributed by atoms with Crippen LogP contribution < -0.4 is 4.90 Å². The van der Waals surface area contributed by atoms with E-state index >= 15 is 0 Å². The Kier molecular flexibility index (Phi) is 7.82. The summed E-state index contributed by atoms with van der Waals surface area (Å²) in [5.41, 5.74) is -0.0663. The number of alkyl halides is 1. The molecule has 0 radical (unpaired) electrons. The van der Waals surface area contributed by atoms with Crippen molar-refractivity contribution in [3.63, 3.8) is 0 Å². The number of rotatable bonds is 9. The molecule has 0 aliphatic rings. The van der Waals surface area contributed by atoms with Gasteiger partial charge in [0.1, 0.15) is 4.90 Å². The molecule has 0 fully saturated rings. The Bertz CT molecular complexity index is 761. The molecular formula is C15H21BrN4O4S. The van der Waals surface area contributed by atoms with Gasteiger partial charge in [0.2, 0.25) is 10.0 Å². The molecule has 8 nitrogen and oxygen atoms in total. The van der Waals surface area contributed by atoms with Crippen molar-refractivity contribution in [3.05, 3.63) is 28.3 Å². The highest BCUT2D eigenvalue weighted by molar-refractivity contribution is 9.09. The Morgan fingerprint density at radius 1 is 1.24 bits per heavy atom. The molecule has 138 valence electrons. The molecular weight excluding hydrogens is 412 g/mol. The highest BCUT2D eigenvalue weighted by Gasteiger charge is 2.28. The van der Waals surface area contributed by atoms with Gasteiger partial charge in [0.25, 0.3) is 5.69 Å². The van der Waals surface area contributed by atoms with Crippen molar-refractivity contribution < 1.29 is 13.3 Å². The van der Waals surface area contributed by atoms with Crippen molar-refractivity contribution >= 4 is 37.3 Å². The zero-order valence-corrected chi connectivity index (χ0v) is 16.7. The third kappa shape index (κ3) is 5.40. The summed E-state index contributed by atoms with van der Waals surface area (Å²) in [6.45, 7) is 1.12. The number of non-ortho nitro benzene ring substituents is 1. The summed E-state index contributed by atoms with van der Waals surface area (Å²) in [5.74, 6) is 0. The Morgan fingerprint density at radius 2 is 1.88 bits per heavy atom. The van der Waals surface area contributed by atoms with Crippen LogP contribution in [0.25, 0.3) is 0 Å². The van der Waals surface area contributed by atoms with Crippen molar-refractivity contribution in [1.82, 2.24) is 9.21 Å². The second kappa shape index (κ2) is 9.15. The van der Waals surface area contributed by atoms with E-state index in [9.17, 15) is 18.5 Å². The van der Waals surface area contributed by atoms with Crippen LogP contribution in [0.3, 0.4) is 0 Å². The summed E-state index contributed by atoms with van der Waals surface area (Å²) in [6.07, 6.45) is 5.48. The van der Waals surface area contributed by atoms with Gasteiger partial charge < -0.3 is 4.90 Å². The first-order valence-electron chi connectivity index (χ1n) is 7.34. The molecule has 0 unspecified atom stereocenters. The van der Waals surface area contributed by atoms with Gasteiger partial charge in [-0.1, -0.05) is 22.4 Å². The smallest absolute Gasteiger partial charge is 0.270 e. The molecule has 1 aromatic carbocycles. The molecule has 0 aliphatic heterocycles. The van der Waals surface area contributed by atoms with Crippen molar-refractivity contribution in [2.45, 2.75) is 4.90 Å². The first-order chi connectivity index (χ1) is 11.6. The minimum Gasteiger partial charge on any atom is -0.308 e. The average molecular weight is 433 g/mol. The number of nitro benzene ring substituents is 1. The molecule has 25 heavy (non-hydrogen) atoms. The first kappa shape index (κ1) is 21.4. The number of anilines is 1. The molecule has 0 N–H and O–H groups in total. The molecule has 0 bridgehead atoms. The SMILES string of the molecule is C#CN(CCBr)c1ccc([N+](=O)[O-])cc1S(=O)(=O)N(C)CCN(C)C. The molecule has 1 aromatic rings. The van der Waals surface area contributed by atoms with Crippen LogP contribution >= 0.6 is 15.9 Å². The van der Waals surface area contributed by atoms with E-state index in [0.717, 1.165) is 6.07 Å². The van der Waals surface area contributed by atoms with Gasteiger partial charge in [0, 0.05) is 50.2 Å². The van der Waals surface area contributed by atoms with Crippen LogP contribution in [0.15, 0.2) is 23.1 Å². The summed E-state index contributed by atoms with van der Waals surface area (Å²) >= 11 is 3.26. The maximum Gasteiger partial charge on any atom is 0.270 e.